The predicted octanol–water partition coefficient (Wildman–Crippen LogP) is 1.73. The Morgan fingerprint density at radius 3 is 2.86 bits per heavy atom. The third-order valence-corrected chi connectivity index (χ3v) is 5.25. The number of nitrogens with zero attached hydrogens (tertiary/aromatic N) is 6. The molecule has 3 aromatic rings. The lowest BCUT2D eigenvalue weighted by Gasteiger charge is -2.26. The summed E-state index contributed by atoms with van der Waals surface area (Å²) in [5, 5.41) is 5.12. The molecule has 0 atom stereocenters. The number of aromatic nitrogens is 4. The van der Waals surface area contributed by atoms with Gasteiger partial charge < -0.3 is 9.47 Å². The van der Waals surface area contributed by atoms with Gasteiger partial charge in [0.15, 0.2) is 11.5 Å². The summed E-state index contributed by atoms with van der Waals surface area (Å²) in [5.74, 6) is 2.33. The van der Waals surface area contributed by atoms with Crippen molar-refractivity contribution in [2.75, 3.05) is 32.2 Å². The van der Waals surface area contributed by atoms with E-state index in [1.807, 2.05) is 11.0 Å². The number of pyridine rings is 1. The fraction of sp³-hybridized carbons (Fsp3) is 0.263. The van der Waals surface area contributed by atoms with Crippen molar-refractivity contribution in [2.45, 2.75) is 6.54 Å². The molecule has 0 unspecified atom stereocenters. The SMILES string of the molecule is COc1ccnc(Cn2nc3n(c2=O)-c2cc(Cl)ccc2C2=NCCN23)c1OC. The molecule has 0 radical (unpaired) electrons. The van der Waals surface area contributed by atoms with Crippen LogP contribution in [0.3, 0.4) is 0 Å². The van der Waals surface area contributed by atoms with Crippen molar-refractivity contribution in [3.05, 3.63) is 57.2 Å². The second-order valence-electron chi connectivity index (χ2n) is 6.59. The molecular formula is C19H17ClN6O3. The zero-order valence-corrected chi connectivity index (χ0v) is 16.5. The number of halogens is 1. The zero-order chi connectivity index (χ0) is 20.1. The lowest BCUT2D eigenvalue weighted by atomic mass is 10.1. The number of aliphatic imine (C=N–C) groups is 1. The van der Waals surface area contributed by atoms with Crippen LogP contribution in [0.2, 0.25) is 5.02 Å². The van der Waals surface area contributed by atoms with Crippen LogP contribution >= 0.6 is 11.6 Å². The molecular weight excluding hydrogens is 396 g/mol. The first kappa shape index (κ1) is 17.7. The molecule has 5 rings (SSSR count). The third-order valence-electron chi connectivity index (χ3n) is 5.01. The number of rotatable bonds is 4. The Bertz CT molecular complexity index is 1220. The van der Waals surface area contributed by atoms with Gasteiger partial charge in [-0.1, -0.05) is 11.6 Å². The number of hydrogen-bond donors (Lipinski definition) is 0. The number of methoxy groups -OCH3 is 2. The van der Waals surface area contributed by atoms with Gasteiger partial charge in [-0.15, -0.1) is 5.10 Å². The lowest BCUT2D eigenvalue weighted by molar-refractivity contribution is 0.347. The van der Waals surface area contributed by atoms with Gasteiger partial charge in [0.2, 0.25) is 5.95 Å². The highest BCUT2D eigenvalue weighted by atomic mass is 35.5. The smallest absolute Gasteiger partial charge is 0.352 e. The second kappa shape index (κ2) is 6.63. The van der Waals surface area contributed by atoms with Crippen molar-refractivity contribution < 1.29 is 9.47 Å². The van der Waals surface area contributed by atoms with E-state index in [9.17, 15) is 4.79 Å². The maximum Gasteiger partial charge on any atom is 0.352 e. The van der Waals surface area contributed by atoms with E-state index in [-0.39, 0.29) is 12.2 Å². The molecule has 0 saturated carbocycles. The molecule has 2 aliphatic rings. The van der Waals surface area contributed by atoms with Crippen LogP contribution in [0.15, 0.2) is 40.2 Å². The summed E-state index contributed by atoms with van der Waals surface area (Å²) < 4.78 is 13.7. The Morgan fingerprint density at radius 2 is 2.07 bits per heavy atom. The molecule has 2 aliphatic heterocycles. The fourth-order valence-electron chi connectivity index (χ4n) is 3.74. The highest BCUT2D eigenvalue weighted by molar-refractivity contribution is 6.31. The first-order valence-corrected chi connectivity index (χ1v) is 9.38. The maximum absolute atomic E-state index is 13.3. The minimum Gasteiger partial charge on any atom is -0.493 e. The summed E-state index contributed by atoms with van der Waals surface area (Å²) >= 11 is 6.21. The van der Waals surface area contributed by atoms with Gasteiger partial charge in [-0.25, -0.2) is 14.0 Å². The topological polar surface area (TPSA) is 86.8 Å². The number of fused-ring (bicyclic) bond motifs is 6. The van der Waals surface area contributed by atoms with Crippen molar-refractivity contribution >= 4 is 23.4 Å². The number of anilines is 1. The number of ether oxygens (including phenoxy) is 2. The standard InChI is InChI=1S/C19H17ClN6O3/c1-28-15-5-6-21-13(16(15)29-2)10-25-19(27)26-14-9-11(20)3-4-12(14)17-22-7-8-24(17)18(26)23-25/h3-6,9H,7-8,10H2,1-2H3. The summed E-state index contributed by atoms with van der Waals surface area (Å²) in [5.41, 5.74) is 1.79. The van der Waals surface area contributed by atoms with Crippen LogP contribution in [0.4, 0.5) is 5.95 Å². The molecule has 0 fully saturated rings. The van der Waals surface area contributed by atoms with Gasteiger partial charge in [-0.05, 0) is 18.2 Å². The van der Waals surface area contributed by atoms with Gasteiger partial charge in [0.25, 0.3) is 0 Å². The van der Waals surface area contributed by atoms with E-state index in [1.54, 1.807) is 36.1 Å². The molecule has 2 aromatic heterocycles. The molecule has 0 spiro atoms. The Labute approximate surface area is 170 Å². The van der Waals surface area contributed by atoms with Gasteiger partial charge >= 0.3 is 5.69 Å². The van der Waals surface area contributed by atoms with Crippen molar-refractivity contribution in [3.8, 4) is 17.2 Å². The van der Waals surface area contributed by atoms with Gasteiger partial charge in [0.05, 0.1) is 33.0 Å². The summed E-state index contributed by atoms with van der Waals surface area (Å²) in [6, 6.07) is 7.14. The summed E-state index contributed by atoms with van der Waals surface area (Å²) in [6.07, 6.45) is 1.61. The molecule has 4 heterocycles. The molecule has 0 amide bonds. The van der Waals surface area contributed by atoms with Gasteiger partial charge in [-0.2, -0.15) is 0 Å². The second-order valence-corrected chi connectivity index (χ2v) is 7.02. The van der Waals surface area contributed by atoms with Crippen LogP contribution < -0.4 is 20.1 Å². The minimum atomic E-state index is -0.291. The average Bonchev–Trinajstić information content (AvgIpc) is 3.33. The largest absolute Gasteiger partial charge is 0.493 e. The van der Waals surface area contributed by atoms with Gasteiger partial charge in [0, 0.05) is 29.4 Å². The first-order valence-electron chi connectivity index (χ1n) is 9.00. The fourth-order valence-corrected chi connectivity index (χ4v) is 3.91. The zero-order valence-electron chi connectivity index (χ0n) is 15.8. The van der Waals surface area contributed by atoms with E-state index >= 15 is 0 Å². The molecule has 0 bridgehead atoms. The highest BCUT2D eigenvalue weighted by Crippen LogP contribution is 2.33. The average molecular weight is 413 g/mol. The number of amidine groups is 1. The van der Waals surface area contributed by atoms with Crippen LogP contribution in [0.1, 0.15) is 11.3 Å². The maximum atomic E-state index is 13.3. The number of hydrogen-bond acceptors (Lipinski definition) is 7. The Balaban J connectivity index is 1.67. The van der Waals surface area contributed by atoms with Crippen LogP contribution in [0, 0.1) is 0 Å². The van der Waals surface area contributed by atoms with Gasteiger partial charge in [-0.3, -0.25) is 14.9 Å². The molecule has 9 nitrogen and oxygen atoms in total. The Kier molecular flexibility index (Phi) is 4.06. The monoisotopic (exact) mass is 412 g/mol. The minimum absolute atomic E-state index is 0.134. The molecule has 0 aliphatic carbocycles. The van der Waals surface area contributed by atoms with E-state index in [2.05, 4.69) is 15.1 Å². The molecule has 148 valence electrons. The van der Waals surface area contributed by atoms with Crippen molar-refractivity contribution in [3.63, 3.8) is 0 Å². The Morgan fingerprint density at radius 1 is 1.21 bits per heavy atom. The van der Waals surface area contributed by atoms with E-state index < -0.39 is 0 Å². The van der Waals surface area contributed by atoms with E-state index in [0.717, 1.165) is 11.4 Å². The molecule has 10 heteroatoms. The molecule has 29 heavy (non-hydrogen) atoms. The summed E-state index contributed by atoms with van der Waals surface area (Å²) in [4.78, 5) is 24.2. The van der Waals surface area contributed by atoms with Crippen molar-refractivity contribution in [2.24, 2.45) is 4.99 Å². The van der Waals surface area contributed by atoms with Crippen molar-refractivity contribution in [1.82, 2.24) is 19.3 Å². The van der Waals surface area contributed by atoms with E-state index in [1.165, 1.54) is 11.8 Å². The first-order chi connectivity index (χ1) is 14.1. The molecule has 0 saturated heterocycles. The van der Waals surface area contributed by atoms with Gasteiger partial charge in [0.1, 0.15) is 11.5 Å². The normalized spacial score (nSPS) is 14.2. The van der Waals surface area contributed by atoms with Crippen LogP contribution in [0.5, 0.6) is 11.5 Å². The summed E-state index contributed by atoms with van der Waals surface area (Å²) in [7, 11) is 3.09. The highest BCUT2D eigenvalue weighted by Gasteiger charge is 2.34. The van der Waals surface area contributed by atoms with Crippen LogP contribution in [-0.2, 0) is 6.54 Å². The molecule has 0 N–H and O–H groups in total. The lowest BCUT2D eigenvalue weighted by Crippen LogP contribution is -2.37. The van der Waals surface area contributed by atoms with Crippen LogP contribution in [-0.4, -0.2) is 52.5 Å². The third kappa shape index (κ3) is 2.61. The quantitative estimate of drug-likeness (QED) is 0.648. The predicted molar refractivity (Wildman–Crippen MR) is 108 cm³/mol. The van der Waals surface area contributed by atoms with E-state index in [0.29, 0.717) is 46.9 Å². The molecule has 1 aromatic carbocycles. The van der Waals surface area contributed by atoms with Crippen molar-refractivity contribution in [1.29, 1.82) is 0 Å². The van der Waals surface area contributed by atoms with E-state index in [4.69, 9.17) is 21.1 Å². The number of benzene rings is 1. The van der Waals surface area contributed by atoms with Crippen LogP contribution in [0.25, 0.3) is 5.69 Å². The summed E-state index contributed by atoms with van der Waals surface area (Å²) in [6.45, 7) is 1.44. The Hall–Kier alpha value is -3.33.